The number of rotatable bonds is 5. The third-order valence-corrected chi connectivity index (χ3v) is 5.03. The van der Waals surface area contributed by atoms with Crippen LogP contribution in [0.1, 0.15) is 38.5 Å². The minimum atomic E-state index is -0.376. The van der Waals surface area contributed by atoms with Crippen molar-refractivity contribution in [1.29, 1.82) is 0 Å². The molecule has 2 unspecified atom stereocenters. The zero-order chi connectivity index (χ0) is 16.1. The molecule has 6 heteroatoms. The third-order valence-electron chi connectivity index (χ3n) is 5.03. The largest absolute Gasteiger partial charge is 0.468 e. The minimum absolute atomic E-state index is 0.0168. The summed E-state index contributed by atoms with van der Waals surface area (Å²) in [6.45, 7) is 0.854. The lowest BCUT2D eigenvalue weighted by Crippen LogP contribution is -2.47. The molecule has 1 heterocycles. The van der Waals surface area contributed by atoms with Crippen LogP contribution in [0.4, 0.5) is 0 Å². The summed E-state index contributed by atoms with van der Waals surface area (Å²) < 4.78 is 10.2. The van der Waals surface area contributed by atoms with Crippen LogP contribution < -0.4 is 0 Å². The van der Waals surface area contributed by atoms with E-state index in [9.17, 15) is 9.59 Å². The number of methoxy groups -OCH3 is 2. The summed E-state index contributed by atoms with van der Waals surface area (Å²) in [5.74, 6) is -0.203. The minimum Gasteiger partial charge on any atom is -0.468 e. The fourth-order valence-corrected chi connectivity index (χ4v) is 3.55. The third kappa shape index (κ3) is 3.98. The Kier molecular flexibility index (Phi) is 6.20. The van der Waals surface area contributed by atoms with Gasteiger partial charge in [0.15, 0.2) is 0 Å². The quantitative estimate of drug-likeness (QED) is 0.710. The Morgan fingerprint density at radius 3 is 2.45 bits per heavy atom. The van der Waals surface area contributed by atoms with Crippen LogP contribution in [-0.2, 0) is 19.1 Å². The molecule has 2 fully saturated rings. The Morgan fingerprint density at radius 1 is 1.18 bits per heavy atom. The molecule has 0 aromatic carbocycles. The molecule has 0 spiro atoms. The number of amides is 1. The molecule has 0 N–H and O–H groups in total. The molecule has 2 rings (SSSR count). The molecule has 1 saturated carbocycles. The molecule has 1 aliphatic heterocycles. The van der Waals surface area contributed by atoms with Crippen molar-refractivity contribution in [2.24, 2.45) is 0 Å². The Labute approximate surface area is 132 Å². The average molecular weight is 312 g/mol. The van der Waals surface area contributed by atoms with Crippen molar-refractivity contribution in [3.63, 3.8) is 0 Å². The first-order chi connectivity index (χ1) is 10.6. The van der Waals surface area contributed by atoms with Gasteiger partial charge in [-0.3, -0.25) is 14.5 Å². The summed E-state index contributed by atoms with van der Waals surface area (Å²) in [5.41, 5.74) is 0. The summed E-state index contributed by atoms with van der Waals surface area (Å²) in [5, 5.41) is 0. The lowest BCUT2D eigenvalue weighted by Gasteiger charge is -2.33. The molecule has 2 aliphatic rings. The van der Waals surface area contributed by atoms with Crippen LogP contribution in [0.2, 0.25) is 0 Å². The van der Waals surface area contributed by atoms with E-state index in [1.54, 1.807) is 7.11 Å². The number of hydrogen-bond donors (Lipinski definition) is 0. The molecule has 6 nitrogen and oxygen atoms in total. The number of likely N-dealkylation sites (N-methyl/N-ethyl adjacent to an activating group) is 1. The van der Waals surface area contributed by atoms with E-state index >= 15 is 0 Å². The van der Waals surface area contributed by atoms with Crippen molar-refractivity contribution < 1.29 is 19.1 Å². The molecular weight excluding hydrogens is 284 g/mol. The van der Waals surface area contributed by atoms with Gasteiger partial charge in [0.2, 0.25) is 5.91 Å². The van der Waals surface area contributed by atoms with E-state index in [4.69, 9.17) is 9.47 Å². The van der Waals surface area contributed by atoms with Gasteiger partial charge in [-0.2, -0.15) is 0 Å². The number of carbonyl (C=O) groups excluding carboxylic acids is 2. The molecule has 1 amide bonds. The van der Waals surface area contributed by atoms with Gasteiger partial charge in [-0.05, 0) is 12.8 Å². The highest BCUT2D eigenvalue weighted by Crippen LogP contribution is 2.24. The SMILES string of the molecule is COC(=O)C1CC(OC)CN1CC(=O)N(C)C1CCCCC1. The Balaban J connectivity index is 1.94. The molecule has 0 aromatic rings. The van der Waals surface area contributed by atoms with Crippen molar-refractivity contribution in [2.75, 3.05) is 34.4 Å². The fourth-order valence-electron chi connectivity index (χ4n) is 3.55. The van der Waals surface area contributed by atoms with Crippen LogP contribution in [0.25, 0.3) is 0 Å². The number of carbonyl (C=O) groups is 2. The van der Waals surface area contributed by atoms with Gasteiger partial charge in [0, 0.05) is 33.2 Å². The molecule has 22 heavy (non-hydrogen) atoms. The Morgan fingerprint density at radius 2 is 1.86 bits per heavy atom. The predicted octanol–water partition coefficient (Wildman–Crippen LogP) is 1.04. The maximum Gasteiger partial charge on any atom is 0.323 e. The zero-order valence-electron chi connectivity index (χ0n) is 13.9. The predicted molar refractivity (Wildman–Crippen MR) is 82.4 cm³/mol. The second-order valence-electron chi connectivity index (χ2n) is 6.36. The number of esters is 1. The van der Waals surface area contributed by atoms with Gasteiger partial charge in [-0.25, -0.2) is 0 Å². The van der Waals surface area contributed by atoms with E-state index in [1.807, 2.05) is 16.8 Å². The van der Waals surface area contributed by atoms with Crippen molar-refractivity contribution in [3.05, 3.63) is 0 Å². The molecular formula is C16H28N2O4. The van der Waals surface area contributed by atoms with E-state index in [2.05, 4.69) is 0 Å². The smallest absolute Gasteiger partial charge is 0.323 e. The average Bonchev–Trinajstić information content (AvgIpc) is 2.97. The van der Waals surface area contributed by atoms with Gasteiger partial charge in [0.1, 0.15) is 6.04 Å². The molecule has 0 radical (unpaired) electrons. The second-order valence-corrected chi connectivity index (χ2v) is 6.36. The number of hydrogen-bond acceptors (Lipinski definition) is 5. The van der Waals surface area contributed by atoms with Gasteiger partial charge >= 0.3 is 5.97 Å². The molecule has 126 valence electrons. The zero-order valence-corrected chi connectivity index (χ0v) is 13.9. The highest BCUT2D eigenvalue weighted by molar-refractivity contribution is 5.81. The van der Waals surface area contributed by atoms with Crippen molar-refractivity contribution in [1.82, 2.24) is 9.80 Å². The van der Waals surface area contributed by atoms with Gasteiger partial charge in [-0.15, -0.1) is 0 Å². The number of ether oxygens (including phenoxy) is 2. The number of likely N-dealkylation sites (tertiary alicyclic amines) is 1. The number of nitrogens with zero attached hydrogens (tertiary/aromatic N) is 2. The van der Waals surface area contributed by atoms with E-state index < -0.39 is 0 Å². The summed E-state index contributed by atoms with van der Waals surface area (Å²) >= 11 is 0. The van der Waals surface area contributed by atoms with Crippen molar-refractivity contribution in [3.8, 4) is 0 Å². The van der Waals surface area contributed by atoms with Crippen LogP contribution in [0, 0.1) is 0 Å². The maximum absolute atomic E-state index is 12.5. The van der Waals surface area contributed by atoms with E-state index in [0.717, 1.165) is 12.8 Å². The van der Waals surface area contributed by atoms with Crippen LogP contribution in [0.3, 0.4) is 0 Å². The van der Waals surface area contributed by atoms with Gasteiger partial charge in [0.05, 0.1) is 19.8 Å². The molecule has 1 aliphatic carbocycles. The molecule has 0 bridgehead atoms. The first-order valence-corrected chi connectivity index (χ1v) is 8.17. The van der Waals surface area contributed by atoms with E-state index in [-0.39, 0.29) is 30.6 Å². The highest BCUT2D eigenvalue weighted by atomic mass is 16.5. The fraction of sp³-hybridized carbons (Fsp3) is 0.875. The van der Waals surface area contributed by atoms with Crippen LogP contribution >= 0.6 is 0 Å². The summed E-state index contributed by atoms with van der Waals surface area (Å²) in [7, 11) is 4.91. The van der Waals surface area contributed by atoms with Crippen LogP contribution in [0.15, 0.2) is 0 Å². The molecule has 1 saturated heterocycles. The molecule has 2 atom stereocenters. The lowest BCUT2D eigenvalue weighted by molar-refractivity contribution is -0.147. The summed E-state index contributed by atoms with van der Waals surface area (Å²) in [4.78, 5) is 28.2. The van der Waals surface area contributed by atoms with E-state index in [1.165, 1.54) is 26.4 Å². The van der Waals surface area contributed by atoms with Crippen molar-refractivity contribution in [2.45, 2.75) is 56.7 Å². The second kappa shape index (κ2) is 7.92. The first kappa shape index (κ1) is 17.2. The Bertz CT molecular complexity index is 396. The highest BCUT2D eigenvalue weighted by Gasteiger charge is 2.39. The maximum atomic E-state index is 12.5. The Hall–Kier alpha value is -1.14. The van der Waals surface area contributed by atoms with Gasteiger partial charge < -0.3 is 14.4 Å². The van der Waals surface area contributed by atoms with Gasteiger partial charge in [-0.1, -0.05) is 19.3 Å². The van der Waals surface area contributed by atoms with E-state index in [0.29, 0.717) is 19.0 Å². The van der Waals surface area contributed by atoms with Gasteiger partial charge in [0.25, 0.3) is 0 Å². The normalized spacial score (nSPS) is 26.9. The standard InChI is InChI=1S/C16H28N2O4/c1-17(12-7-5-4-6-8-12)15(19)11-18-10-13(21-2)9-14(18)16(20)22-3/h12-14H,4-11H2,1-3H3. The van der Waals surface area contributed by atoms with Crippen molar-refractivity contribution >= 4 is 11.9 Å². The first-order valence-electron chi connectivity index (χ1n) is 8.17. The summed E-state index contributed by atoms with van der Waals surface area (Å²) in [6.07, 6.45) is 6.41. The topological polar surface area (TPSA) is 59.1 Å². The summed E-state index contributed by atoms with van der Waals surface area (Å²) in [6, 6.07) is -0.0303. The van der Waals surface area contributed by atoms with Crippen LogP contribution in [-0.4, -0.2) is 74.2 Å². The molecule has 0 aromatic heterocycles. The van der Waals surface area contributed by atoms with Crippen LogP contribution in [0.5, 0.6) is 0 Å². The lowest BCUT2D eigenvalue weighted by atomic mass is 9.94. The monoisotopic (exact) mass is 312 g/mol.